The maximum Gasteiger partial charge on any atom is 0.304 e. The Labute approximate surface area is 385 Å². The maximum atomic E-state index is 10.6. The molecule has 0 spiro atoms. The summed E-state index contributed by atoms with van der Waals surface area (Å²) in [7, 11) is 0. The highest BCUT2D eigenvalue weighted by atomic mass is 35.6. The Morgan fingerprint density at radius 3 is 1.00 bits per heavy atom. The number of rotatable bonds is 10. The topological polar surface area (TPSA) is 152 Å². The van der Waals surface area contributed by atoms with Crippen molar-refractivity contribution in [2.45, 2.75) is 37.8 Å². The lowest BCUT2D eigenvalue weighted by atomic mass is 10.2. The van der Waals surface area contributed by atoms with Crippen molar-refractivity contribution in [2.24, 2.45) is 0 Å². The predicted molar refractivity (Wildman–Crippen MR) is 223 cm³/mol. The monoisotopic (exact) mass is 1050 g/mol. The predicted octanol–water partition coefficient (Wildman–Crippen LogP) is 12.8. The molecule has 2 aromatic carbocycles. The summed E-state index contributed by atoms with van der Waals surface area (Å²) in [5.41, 5.74) is 0.937. The summed E-state index contributed by atoms with van der Waals surface area (Å²) < 4.78 is -7.84. The molecule has 2 aromatic heterocycles. The average Bonchev–Trinajstić information content (AvgIpc) is 3.04. The lowest BCUT2D eigenvalue weighted by Gasteiger charge is -2.16. The second-order valence-electron chi connectivity index (χ2n) is 9.88. The Kier molecular flexibility index (Phi) is 18.4. The van der Waals surface area contributed by atoms with E-state index in [2.05, 4.69) is 29.9 Å². The van der Waals surface area contributed by atoms with Crippen molar-refractivity contribution in [2.75, 3.05) is 11.5 Å². The molecule has 2 N–H and O–H groups in total. The van der Waals surface area contributed by atoms with E-state index < -0.39 is 27.1 Å². The molecule has 0 aliphatic rings. The fourth-order valence-corrected chi connectivity index (χ4v) is 6.95. The first-order chi connectivity index (χ1) is 24.8. The second-order valence-corrected chi connectivity index (χ2v) is 22.1. The number of benzene rings is 2. The smallest absolute Gasteiger partial charge is 0.304 e. The van der Waals surface area contributed by atoms with E-state index in [1.54, 1.807) is 36.4 Å². The van der Waals surface area contributed by atoms with Crippen molar-refractivity contribution < 1.29 is 19.8 Å². The van der Waals surface area contributed by atoms with E-state index in [1.165, 1.54) is 23.5 Å². The summed E-state index contributed by atoms with van der Waals surface area (Å²) in [4.78, 5) is 46.8. The number of aromatic nitrogens is 6. The third-order valence-electron chi connectivity index (χ3n) is 5.81. The fraction of sp³-hybridized carbons (Fsp3) is 0.286. The highest BCUT2D eigenvalue weighted by Crippen LogP contribution is 2.43. The molecule has 0 aliphatic heterocycles. The van der Waals surface area contributed by atoms with Gasteiger partial charge in [-0.3, -0.25) is 9.59 Å². The molecule has 0 bridgehead atoms. The van der Waals surface area contributed by atoms with Gasteiger partial charge in [-0.05, 0) is 36.4 Å². The molecule has 0 amide bonds. The Morgan fingerprint density at radius 2 is 0.778 bits per heavy atom. The summed E-state index contributed by atoms with van der Waals surface area (Å²) in [6, 6.07) is 9.85. The minimum absolute atomic E-state index is 0.00936. The number of aliphatic carboxylic acids is 2. The third kappa shape index (κ3) is 15.4. The van der Waals surface area contributed by atoms with Crippen LogP contribution in [0.25, 0.3) is 22.8 Å². The molecule has 0 saturated heterocycles. The number of carboxylic acid groups (broad SMARTS) is 2. The molecule has 26 heteroatoms. The number of thioether (sulfide) groups is 2. The van der Waals surface area contributed by atoms with Gasteiger partial charge in [-0.25, -0.2) is 29.9 Å². The molecular formula is C28H16Cl14N6O4S2. The van der Waals surface area contributed by atoms with Crippen LogP contribution in [0.5, 0.6) is 0 Å². The molecule has 4 rings (SSSR count). The van der Waals surface area contributed by atoms with Crippen LogP contribution in [0.4, 0.5) is 0 Å². The molecule has 0 saturated carbocycles. The second kappa shape index (κ2) is 20.4. The maximum absolute atomic E-state index is 10.6. The first kappa shape index (κ1) is 48.5. The number of halogens is 14. The van der Waals surface area contributed by atoms with Gasteiger partial charge in [0.25, 0.3) is 0 Å². The number of hydrogen-bond donors (Lipinski definition) is 2. The Morgan fingerprint density at radius 1 is 0.500 bits per heavy atom. The standard InChI is InChI=1S/2C14H8Cl7N3O2S/c2*15-7-5-6(1-2-8(7)27-4-3-9(25)26)10-22-11(13(16,17)18)24-12(23-10)14(19,20)21/h2*1-2,5H,3-4H2,(H,25,26). The largest absolute Gasteiger partial charge is 0.481 e. The van der Waals surface area contributed by atoms with Crippen molar-refractivity contribution in [3.63, 3.8) is 0 Å². The van der Waals surface area contributed by atoms with Crippen molar-refractivity contribution in [3.8, 4) is 22.8 Å². The molecule has 2 heterocycles. The van der Waals surface area contributed by atoms with E-state index in [0.717, 1.165) is 0 Å². The quantitative estimate of drug-likeness (QED) is 0.115. The lowest BCUT2D eigenvalue weighted by Crippen LogP contribution is -2.16. The van der Waals surface area contributed by atoms with E-state index in [4.69, 9.17) is 173 Å². The lowest BCUT2D eigenvalue weighted by molar-refractivity contribution is -0.137. The van der Waals surface area contributed by atoms with Gasteiger partial charge in [0.2, 0.25) is 15.2 Å². The Hall–Kier alpha value is 0.160. The van der Waals surface area contributed by atoms with E-state index in [-0.39, 0.29) is 47.8 Å². The van der Waals surface area contributed by atoms with E-state index in [0.29, 0.717) is 42.5 Å². The number of nitrogens with zero attached hydrogens (tertiary/aromatic N) is 6. The normalized spacial score (nSPS) is 12.3. The van der Waals surface area contributed by atoms with Crippen LogP contribution in [0, 0.1) is 0 Å². The van der Waals surface area contributed by atoms with E-state index >= 15 is 0 Å². The van der Waals surface area contributed by atoms with Crippen LogP contribution < -0.4 is 0 Å². The van der Waals surface area contributed by atoms with E-state index in [1.807, 2.05) is 0 Å². The van der Waals surface area contributed by atoms with Crippen LogP contribution in [-0.2, 0) is 24.8 Å². The zero-order valence-corrected chi connectivity index (χ0v) is 38.0. The molecule has 54 heavy (non-hydrogen) atoms. The average molecular weight is 1060 g/mol. The summed E-state index contributed by atoms with van der Waals surface area (Å²) in [5.74, 6) is -1.70. The molecule has 292 valence electrons. The minimum Gasteiger partial charge on any atom is -0.481 e. The van der Waals surface area contributed by atoms with Crippen LogP contribution in [0.3, 0.4) is 0 Å². The zero-order valence-electron chi connectivity index (χ0n) is 25.8. The number of carbonyl (C=O) groups is 2. The first-order valence-electron chi connectivity index (χ1n) is 13.9. The summed E-state index contributed by atoms with van der Waals surface area (Å²) in [5, 5.41) is 18.1. The van der Waals surface area contributed by atoms with Crippen molar-refractivity contribution >= 4 is 198 Å². The van der Waals surface area contributed by atoms with Crippen LogP contribution in [0.2, 0.25) is 10.0 Å². The fourth-order valence-electron chi connectivity index (χ4n) is 3.53. The van der Waals surface area contributed by atoms with Crippen molar-refractivity contribution in [1.82, 2.24) is 29.9 Å². The van der Waals surface area contributed by atoms with Crippen LogP contribution in [-0.4, -0.2) is 63.6 Å². The van der Waals surface area contributed by atoms with Crippen LogP contribution >= 0.6 is 186 Å². The molecular weight excluding hydrogens is 1040 g/mol. The summed E-state index contributed by atoms with van der Waals surface area (Å²) >= 11 is 85.3. The molecule has 0 fully saturated rings. The molecule has 0 aliphatic carbocycles. The van der Waals surface area contributed by atoms with Gasteiger partial charge in [0.15, 0.2) is 34.9 Å². The third-order valence-corrected chi connectivity index (χ3v) is 10.8. The summed E-state index contributed by atoms with van der Waals surface area (Å²) in [6.07, 6.45) is 0.0187. The van der Waals surface area contributed by atoms with Gasteiger partial charge < -0.3 is 10.2 Å². The van der Waals surface area contributed by atoms with E-state index in [9.17, 15) is 9.59 Å². The Balaban J connectivity index is 0.000000290. The Bertz CT molecular complexity index is 1790. The first-order valence-corrected chi connectivity index (χ1v) is 21.1. The SMILES string of the molecule is O=C(O)CCSc1ccc(-c2nc(C(Cl)(Cl)Cl)nc(C(Cl)(Cl)Cl)n2)cc1Cl.O=C(O)CCSc1ccc(-c2nc(C(Cl)(Cl)Cl)nc(C(Cl)(Cl)Cl)n2)cc1Cl. The molecule has 0 unspecified atom stereocenters. The number of hydrogen-bond acceptors (Lipinski definition) is 10. The van der Waals surface area contributed by atoms with Gasteiger partial charge in [-0.1, -0.05) is 162 Å². The molecule has 0 atom stereocenters. The summed E-state index contributed by atoms with van der Waals surface area (Å²) in [6.45, 7) is 0. The van der Waals surface area contributed by atoms with Gasteiger partial charge in [-0.15, -0.1) is 23.5 Å². The van der Waals surface area contributed by atoms with Gasteiger partial charge in [0, 0.05) is 32.4 Å². The van der Waals surface area contributed by atoms with Gasteiger partial charge in [-0.2, -0.15) is 0 Å². The number of carboxylic acids is 2. The minimum atomic E-state index is -1.96. The van der Waals surface area contributed by atoms with Crippen molar-refractivity contribution in [3.05, 3.63) is 69.7 Å². The van der Waals surface area contributed by atoms with Crippen molar-refractivity contribution in [1.29, 1.82) is 0 Å². The molecule has 0 radical (unpaired) electrons. The highest BCUT2D eigenvalue weighted by molar-refractivity contribution is 7.99. The zero-order chi connectivity index (χ0) is 40.8. The van der Waals surface area contributed by atoms with Crippen LogP contribution in [0.15, 0.2) is 46.2 Å². The molecule has 4 aromatic rings. The molecule has 10 nitrogen and oxygen atoms in total. The van der Waals surface area contributed by atoms with Gasteiger partial charge in [0.1, 0.15) is 0 Å². The van der Waals surface area contributed by atoms with Gasteiger partial charge >= 0.3 is 11.9 Å². The number of alkyl halides is 12. The van der Waals surface area contributed by atoms with Crippen LogP contribution in [0.1, 0.15) is 36.1 Å². The highest BCUT2D eigenvalue weighted by Gasteiger charge is 2.35. The van der Waals surface area contributed by atoms with Gasteiger partial charge in [0.05, 0.1) is 22.9 Å².